The maximum absolute atomic E-state index is 14.7. The molecule has 0 aliphatic carbocycles. The van der Waals surface area contributed by atoms with Crippen LogP contribution in [-0.4, -0.2) is 57.0 Å². The van der Waals surface area contributed by atoms with Crippen LogP contribution in [-0.2, 0) is 63.7 Å². The molecule has 1 saturated heterocycles. The van der Waals surface area contributed by atoms with E-state index in [-0.39, 0.29) is 26.0 Å². The highest BCUT2D eigenvalue weighted by atomic mass is 31.2. The van der Waals surface area contributed by atoms with E-state index < -0.39 is 32.0 Å². The summed E-state index contributed by atoms with van der Waals surface area (Å²) < 4.78 is 59.1. The van der Waals surface area contributed by atoms with Gasteiger partial charge in [-0.15, -0.1) is 0 Å². The van der Waals surface area contributed by atoms with Crippen LogP contribution in [0.4, 0.5) is 0 Å². The highest BCUT2D eigenvalue weighted by molar-refractivity contribution is 7.53. The van der Waals surface area contributed by atoms with Gasteiger partial charge in [-0.1, -0.05) is 173 Å². The Morgan fingerprint density at radius 3 is 1.62 bits per heavy atom. The highest BCUT2D eigenvalue weighted by Crippen LogP contribution is 2.52. The molecule has 0 spiro atoms. The lowest BCUT2D eigenvalue weighted by atomic mass is 10.1. The normalized spacial score (nSPS) is 19.5. The van der Waals surface area contributed by atoms with Crippen molar-refractivity contribution in [2.24, 2.45) is 0 Å². The van der Waals surface area contributed by atoms with E-state index in [1.54, 1.807) is 0 Å². The zero-order valence-electron chi connectivity index (χ0n) is 32.3. The minimum absolute atomic E-state index is 0.0258. The molecular formula is C46H59O8P. The van der Waals surface area contributed by atoms with Crippen LogP contribution in [0.25, 0.3) is 0 Å². The topological polar surface area (TPSA) is 81.7 Å². The van der Waals surface area contributed by atoms with Gasteiger partial charge < -0.3 is 32.7 Å². The van der Waals surface area contributed by atoms with E-state index in [0.29, 0.717) is 26.4 Å². The zero-order chi connectivity index (χ0) is 38.2. The third kappa shape index (κ3) is 15.9. The second-order valence-electron chi connectivity index (χ2n) is 13.9. The molecule has 4 aromatic rings. The molecule has 0 N–H and O–H groups in total. The average Bonchev–Trinajstić information content (AvgIpc) is 3.54. The number of benzene rings is 4. The molecule has 1 aliphatic rings. The average molecular weight is 771 g/mol. The third-order valence-electron chi connectivity index (χ3n) is 9.44. The minimum atomic E-state index is -3.74. The van der Waals surface area contributed by atoms with Gasteiger partial charge in [0.1, 0.15) is 18.3 Å². The summed E-state index contributed by atoms with van der Waals surface area (Å²) in [6.45, 7) is 5.01. The molecule has 9 heteroatoms. The van der Waals surface area contributed by atoms with Gasteiger partial charge in [0.25, 0.3) is 0 Å². The molecule has 0 bridgehead atoms. The van der Waals surface area contributed by atoms with Crippen LogP contribution in [0.3, 0.4) is 0 Å². The molecule has 296 valence electrons. The molecule has 0 saturated carbocycles. The van der Waals surface area contributed by atoms with Crippen molar-refractivity contribution in [3.8, 4) is 0 Å². The summed E-state index contributed by atoms with van der Waals surface area (Å²) in [4.78, 5) is 0. The van der Waals surface area contributed by atoms with Crippen LogP contribution < -0.4 is 0 Å². The lowest BCUT2D eigenvalue weighted by molar-refractivity contribution is -0.0897. The number of hydrogen-bond donors (Lipinski definition) is 0. The lowest BCUT2D eigenvalue weighted by Crippen LogP contribution is -2.40. The Balaban J connectivity index is 1.29. The van der Waals surface area contributed by atoms with Crippen molar-refractivity contribution < 1.29 is 37.3 Å². The van der Waals surface area contributed by atoms with Crippen molar-refractivity contribution in [2.45, 2.75) is 96.3 Å². The van der Waals surface area contributed by atoms with E-state index in [1.165, 1.54) is 32.1 Å². The van der Waals surface area contributed by atoms with Crippen molar-refractivity contribution >= 4 is 7.60 Å². The Morgan fingerprint density at radius 1 is 0.545 bits per heavy atom. The molecule has 5 rings (SSSR count). The molecule has 1 fully saturated rings. The SMILES string of the molecule is CCCCCCCCOC/C=C/COP(=O)(C[C@@H]1O[C@H](COCc2ccccc2)[C@@H](OCc2ccccc2)[C@@H]1OCc1ccccc1)OCc1ccccc1. The first-order valence-electron chi connectivity index (χ1n) is 19.8. The third-order valence-corrected chi connectivity index (χ3v) is 11.3. The number of rotatable bonds is 27. The molecule has 0 aromatic heterocycles. The van der Waals surface area contributed by atoms with Gasteiger partial charge in [0.2, 0.25) is 0 Å². The predicted octanol–water partition coefficient (Wildman–Crippen LogP) is 10.5. The fourth-order valence-corrected chi connectivity index (χ4v) is 8.11. The summed E-state index contributed by atoms with van der Waals surface area (Å²) in [5, 5.41) is 0. The van der Waals surface area contributed by atoms with E-state index in [2.05, 4.69) is 6.92 Å². The van der Waals surface area contributed by atoms with Gasteiger partial charge in [-0.3, -0.25) is 4.57 Å². The van der Waals surface area contributed by atoms with E-state index in [1.807, 2.05) is 133 Å². The van der Waals surface area contributed by atoms with Gasteiger partial charge in [0.15, 0.2) is 0 Å². The fraction of sp³-hybridized carbons (Fsp3) is 0.435. The molecule has 55 heavy (non-hydrogen) atoms. The second-order valence-corrected chi connectivity index (χ2v) is 16.0. The van der Waals surface area contributed by atoms with Gasteiger partial charge in [-0.25, -0.2) is 0 Å². The number of unbranched alkanes of at least 4 members (excludes halogenated alkanes) is 5. The first-order chi connectivity index (χ1) is 27.1. The van der Waals surface area contributed by atoms with Crippen LogP contribution in [0.15, 0.2) is 133 Å². The van der Waals surface area contributed by atoms with Crippen molar-refractivity contribution in [3.05, 3.63) is 156 Å². The molecule has 5 atom stereocenters. The van der Waals surface area contributed by atoms with Crippen LogP contribution in [0, 0.1) is 0 Å². The van der Waals surface area contributed by atoms with Crippen LogP contribution in [0.2, 0.25) is 0 Å². The molecule has 4 aromatic carbocycles. The monoisotopic (exact) mass is 770 g/mol. The van der Waals surface area contributed by atoms with Gasteiger partial charge >= 0.3 is 7.60 Å². The maximum atomic E-state index is 14.7. The smallest absolute Gasteiger partial charge is 0.334 e. The van der Waals surface area contributed by atoms with Crippen LogP contribution in [0.1, 0.15) is 67.7 Å². The summed E-state index contributed by atoms with van der Waals surface area (Å²) in [7, 11) is -3.74. The fourth-order valence-electron chi connectivity index (χ4n) is 6.43. The van der Waals surface area contributed by atoms with Crippen LogP contribution >= 0.6 is 7.60 Å². The largest absolute Gasteiger partial charge is 0.377 e. The minimum Gasteiger partial charge on any atom is -0.377 e. The molecule has 1 aliphatic heterocycles. The van der Waals surface area contributed by atoms with Gasteiger partial charge in [-0.2, -0.15) is 0 Å². The quantitative estimate of drug-likeness (QED) is 0.0337. The number of ether oxygens (including phenoxy) is 5. The molecule has 1 heterocycles. The maximum Gasteiger partial charge on any atom is 0.334 e. The van der Waals surface area contributed by atoms with Gasteiger partial charge in [0, 0.05) is 6.61 Å². The molecule has 1 unspecified atom stereocenters. The summed E-state index contributed by atoms with van der Waals surface area (Å²) in [6.07, 6.45) is 8.78. The Morgan fingerprint density at radius 2 is 1.04 bits per heavy atom. The summed E-state index contributed by atoms with van der Waals surface area (Å²) in [6, 6.07) is 39.7. The first-order valence-corrected chi connectivity index (χ1v) is 21.6. The summed E-state index contributed by atoms with van der Waals surface area (Å²) in [5.74, 6) is 0. The molecule has 8 nitrogen and oxygen atoms in total. The van der Waals surface area contributed by atoms with Gasteiger partial charge in [-0.05, 0) is 28.7 Å². The molecule has 0 amide bonds. The number of hydrogen-bond acceptors (Lipinski definition) is 8. The second kappa shape index (κ2) is 25.0. The van der Waals surface area contributed by atoms with Crippen molar-refractivity contribution in [3.63, 3.8) is 0 Å². The Labute approximate surface area is 328 Å². The summed E-state index contributed by atoms with van der Waals surface area (Å²) >= 11 is 0. The van der Waals surface area contributed by atoms with Crippen molar-refractivity contribution in [2.75, 3.05) is 32.6 Å². The highest BCUT2D eigenvalue weighted by Gasteiger charge is 2.49. The van der Waals surface area contributed by atoms with Gasteiger partial charge in [0.05, 0.1) is 58.5 Å². The Hall–Kier alpha value is -3.43. The molecular weight excluding hydrogens is 711 g/mol. The Bertz CT molecular complexity index is 1640. The van der Waals surface area contributed by atoms with E-state index in [0.717, 1.165) is 35.3 Å². The Kier molecular flexibility index (Phi) is 19.4. The van der Waals surface area contributed by atoms with E-state index >= 15 is 0 Å². The predicted molar refractivity (Wildman–Crippen MR) is 218 cm³/mol. The van der Waals surface area contributed by atoms with Crippen molar-refractivity contribution in [1.29, 1.82) is 0 Å². The standard InChI is InChI=1S/C46H59O8P/c1-2-3-4-5-6-19-30-48-31-20-21-32-52-55(47,53-36-42-28-17-10-18-29-42)38-44-46(51-35-41-26-15-9-16-27-41)45(50-34-40-24-13-8-14-25-40)43(54-44)37-49-33-39-22-11-7-12-23-39/h7-18,20-29,43-46H,2-6,19,30-38H2,1H3/b21-20+/t43-,44+,45-,46-,55?/m1/s1. The zero-order valence-corrected chi connectivity index (χ0v) is 33.2. The van der Waals surface area contributed by atoms with Crippen molar-refractivity contribution in [1.82, 2.24) is 0 Å². The summed E-state index contributed by atoms with van der Waals surface area (Å²) in [5.41, 5.74) is 3.99. The lowest BCUT2D eigenvalue weighted by Gasteiger charge is -2.27. The molecule has 0 radical (unpaired) electrons. The van der Waals surface area contributed by atoms with E-state index in [9.17, 15) is 4.57 Å². The van der Waals surface area contributed by atoms with E-state index in [4.69, 9.17) is 32.7 Å². The first kappa shape index (κ1) is 42.7. The van der Waals surface area contributed by atoms with Crippen LogP contribution in [0.5, 0.6) is 0 Å².